The van der Waals surface area contributed by atoms with Crippen molar-refractivity contribution in [1.29, 1.82) is 5.26 Å². The first-order chi connectivity index (χ1) is 9.45. The van der Waals surface area contributed by atoms with Gasteiger partial charge in [0.15, 0.2) is 5.69 Å². The molecule has 102 valence electrons. The van der Waals surface area contributed by atoms with Crippen molar-refractivity contribution >= 4 is 27.3 Å². The van der Waals surface area contributed by atoms with Gasteiger partial charge in [0.05, 0.1) is 5.56 Å². The number of pyridine rings is 1. The first-order valence-electron chi connectivity index (χ1n) is 5.41. The van der Waals surface area contributed by atoms with Crippen molar-refractivity contribution in [3.63, 3.8) is 0 Å². The van der Waals surface area contributed by atoms with Crippen molar-refractivity contribution in [2.75, 3.05) is 0 Å². The van der Waals surface area contributed by atoms with Gasteiger partial charge in [-0.25, -0.2) is 18.1 Å². The lowest BCUT2D eigenvalue weighted by atomic mass is 10.2. The molecule has 2 heterocycles. The number of aryl methyl sites for hydroxylation is 1. The minimum atomic E-state index is -4.12. The summed E-state index contributed by atoms with van der Waals surface area (Å²) in [4.78, 5) is 15.3. The van der Waals surface area contributed by atoms with Gasteiger partial charge in [0.1, 0.15) is 11.0 Å². The molecule has 0 bridgehead atoms. The van der Waals surface area contributed by atoms with Crippen LogP contribution in [0.2, 0.25) is 0 Å². The van der Waals surface area contributed by atoms with Crippen LogP contribution in [0.15, 0.2) is 34.0 Å². The largest absolute Gasteiger partial charge is 0.268 e. The lowest BCUT2D eigenvalue weighted by molar-refractivity contribution is 0.0981. The van der Waals surface area contributed by atoms with Gasteiger partial charge in [-0.1, -0.05) is 0 Å². The molecule has 0 atom stereocenters. The fourth-order valence-corrected chi connectivity index (χ4v) is 3.42. The second-order valence-electron chi connectivity index (χ2n) is 3.87. The van der Waals surface area contributed by atoms with Crippen LogP contribution in [0.25, 0.3) is 0 Å². The topological polar surface area (TPSA) is 99.9 Å². The van der Waals surface area contributed by atoms with Crippen LogP contribution in [0.3, 0.4) is 0 Å². The quantitative estimate of drug-likeness (QED) is 0.925. The van der Waals surface area contributed by atoms with Crippen LogP contribution in [-0.2, 0) is 10.0 Å². The van der Waals surface area contributed by atoms with Crippen molar-refractivity contribution in [2.45, 2.75) is 11.8 Å². The monoisotopic (exact) mass is 307 g/mol. The molecule has 2 rings (SSSR count). The number of sulfonamides is 1. The van der Waals surface area contributed by atoms with E-state index in [9.17, 15) is 13.2 Å². The van der Waals surface area contributed by atoms with E-state index in [0.29, 0.717) is 11.1 Å². The number of hydrogen-bond donors (Lipinski definition) is 1. The van der Waals surface area contributed by atoms with E-state index in [-0.39, 0.29) is 10.6 Å². The average Bonchev–Trinajstić information content (AvgIpc) is 2.84. The Morgan fingerprint density at radius 3 is 2.80 bits per heavy atom. The molecule has 0 saturated heterocycles. The van der Waals surface area contributed by atoms with Crippen LogP contribution in [0.1, 0.15) is 21.6 Å². The van der Waals surface area contributed by atoms with Crippen molar-refractivity contribution in [3.05, 3.63) is 45.9 Å². The standard InChI is InChI=1S/C12H9N3O3S2/c1-8-6-19-7-9(8)12(16)15-20(17,18)11-3-2-4-14-10(11)5-13/h2-4,6-7H,1H3,(H,15,16). The Kier molecular flexibility index (Phi) is 3.83. The third-order valence-electron chi connectivity index (χ3n) is 2.49. The van der Waals surface area contributed by atoms with Gasteiger partial charge in [0.25, 0.3) is 15.9 Å². The Hall–Kier alpha value is -2.24. The fourth-order valence-electron chi connectivity index (χ4n) is 1.52. The number of hydrogen-bond acceptors (Lipinski definition) is 6. The molecule has 1 N–H and O–H groups in total. The van der Waals surface area contributed by atoms with Crippen LogP contribution in [0, 0.1) is 18.3 Å². The highest BCUT2D eigenvalue weighted by atomic mass is 32.2. The van der Waals surface area contributed by atoms with E-state index in [4.69, 9.17) is 5.26 Å². The third-order valence-corrected chi connectivity index (χ3v) is 4.72. The Balaban J connectivity index is 2.36. The Labute approximate surface area is 119 Å². The molecule has 6 nitrogen and oxygen atoms in total. The number of carbonyl (C=O) groups is 1. The van der Waals surface area contributed by atoms with Gasteiger partial charge in [0, 0.05) is 11.6 Å². The molecule has 0 aromatic carbocycles. The summed E-state index contributed by atoms with van der Waals surface area (Å²) in [6.45, 7) is 1.71. The predicted molar refractivity (Wildman–Crippen MR) is 72.7 cm³/mol. The zero-order chi connectivity index (χ0) is 14.8. The second kappa shape index (κ2) is 5.40. The van der Waals surface area contributed by atoms with Gasteiger partial charge in [0.2, 0.25) is 0 Å². The lowest BCUT2D eigenvalue weighted by Gasteiger charge is -2.07. The fraction of sp³-hybridized carbons (Fsp3) is 0.0833. The van der Waals surface area contributed by atoms with Gasteiger partial charge in [-0.2, -0.15) is 16.6 Å². The molecular formula is C12H9N3O3S2. The smallest absolute Gasteiger partial charge is 0.267 e. The molecule has 2 aromatic rings. The van der Waals surface area contributed by atoms with Crippen molar-refractivity contribution in [3.8, 4) is 6.07 Å². The second-order valence-corrected chi connectivity index (χ2v) is 6.26. The molecular weight excluding hydrogens is 298 g/mol. The molecule has 0 spiro atoms. The highest BCUT2D eigenvalue weighted by molar-refractivity contribution is 7.90. The first kappa shape index (κ1) is 14.2. The molecule has 0 saturated carbocycles. The number of nitriles is 1. The molecule has 8 heteroatoms. The van der Waals surface area contributed by atoms with Crippen LogP contribution >= 0.6 is 11.3 Å². The number of aromatic nitrogens is 1. The summed E-state index contributed by atoms with van der Waals surface area (Å²) in [5.41, 5.74) is 0.727. The lowest BCUT2D eigenvalue weighted by Crippen LogP contribution is -2.31. The Morgan fingerprint density at radius 1 is 1.45 bits per heavy atom. The Morgan fingerprint density at radius 2 is 2.20 bits per heavy atom. The zero-order valence-electron chi connectivity index (χ0n) is 10.3. The number of nitrogens with zero attached hydrogens (tertiary/aromatic N) is 2. The number of carbonyl (C=O) groups excluding carboxylic acids is 1. The van der Waals surface area contributed by atoms with Gasteiger partial charge in [-0.15, -0.1) is 0 Å². The third kappa shape index (κ3) is 2.68. The van der Waals surface area contributed by atoms with E-state index < -0.39 is 15.9 Å². The summed E-state index contributed by atoms with van der Waals surface area (Å²) in [6.07, 6.45) is 1.31. The number of rotatable bonds is 3. The molecule has 0 aliphatic heterocycles. The number of amides is 1. The van der Waals surface area contributed by atoms with Crippen LogP contribution in [-0.4, -0.2) is 19.3 Å². The minimum absolute atomic E-state index is 0.255. The first-order valence-corrected chi connectivity index (χ1v) is 7.83. The van der Waals surface area contributed by atoms with Gasteiger partial charge in [-0.3, -0.25) is 4.79 Å². The van der Waals surface area contributed by atoms with Gasteiger partial charge < -0.3 is 0 Å². The van der Waals surface area contributed by atoms with Crippen LogP contribution in [0.5, 0.6) is 0 Å². The minimum Gasteiger partial charge on any atom is -0.268 e. The van der Waals surface area contributed by atoms with E-state index in [1.807, 2.05) is 4.72 Å². The summed E-state index contributed by atoms with van der Waals surface area (Å²) < 4.78 is 26.2. The van der Waals surface area contributed by atoms with Crippen molar-refractivity contribution < 1.29 is 13.2 Å². The molecule has 2 aromatic heterocycles. The van der Waals surface area contributed by atoms with Crippen LogP contribution < -0.4 is 4.72 Å². The Bertz CT molecular complexity index is 803. The molecule has 0 unspecified atom stereocenters. The number of thiophene rings is 1. The summed E-state index contributed by atoms with van der Waals surface area (Å²) >= 11 is 1.30. The summed E-state index contributed by atoms with van der Waals surface area (Å²) in [7, 11) is -4.12. The molecule has 0 aliphatic rings. The molecule has 0 aliphatic carbocycles. The van der Waals surface area contributed by atoms with Gasteiger partial charge in [-0.05, 0) is 30.0 Å². The van der Waals surface area contributed by atoms with Crippen LogP contribution in [0.4, 0.5) is 0 Å². The van der Waals surface area contributed by atoms with E-state index in [1.54, 1.807) is 23.8 Å². The van der Waals surface area contributed by atoms with E-state index in [1.165, 1.54) is 29.7 Å². The SMILES string of the molecule is Cc1cscc1C(=O)NS(=O)(=O)c1cccnc1C#N. The van der Waals surface area contributed by atoms with Gasteiger partial charge >= 0.3 is 0 Å². The summed E-state index contributed by atoms with van der Waals surface area (Å²) in [5.74, 6) is -0.725. The highest BCUT2D eigenvalue weighted by Crippen LogP contribution is 2.16. The average molecular weight is 307 g/mol. The maximum absolute atomic E-state index is 12.1. The highest BCUT2D eigenvalue weighted by Gasteiger charge is 2.23. The molecule has 1 amide bonds. The maximum Gasteiger partial charge on any atom is 0.267 e. The molecule has 0 fully saturated rings. The number of nitrogens with one attached hydrogen (secondary N) is 1. The summed E-state index contributed by atoms with van der Waals surface area (Å²) in [5, 5.41) is 12.2. The zero-order valence-corrected chi connectivity index (χ0v) is 12.0. The summed E-state index contributed by atoms with van der Waals surface area (Å²) in [6, 6.07) is 4.29. The van der Waals surface area contributed by atoms with E-state index >= 15 is 0 Å². The normalized spacial score (nSPS) is 10.8. The predicted octanol–water partition coefficient (Wildman–Crippen LogP) is 1.44. The molecule has 0 radical (unpaired) electrons. The van der Waals surface area contributed by atoms with Crippen molar-refractivity contribution in [1.82, 2.24) is 9.71 Å². The van der Waals surface area contributed by atoms with Crippen molar-refractivity contribution in [2.24, 2.45) is 0 Å². The molecule has 20 heavy (non-hydrogen) atoms. The van der Waals surface area contributed by atoms with E-state index in [2.05, 4.69) is 4.98 Å². The maximum atomic E-state index is 12.1. The van der Waals surface area contributed by atoms with E-state index in [0.717, 1.165) is 0 Å².